The van der Waals surface area contributed by atoms with Crippen LogP contribution in [0, 0.1) is 20.8 Å². The predicted molar refractivity (Wildman–Crippen MR) is 106 cm³/mol. The van der Waals surface area contributed by atoms with Crippen LogP contribution in [0.15, 0.2) is 40.2 Å². The monoisotopic (exact) mass is 417 g/mol. The number of hydrogen-bond donors (Lipinski definition) is 1. The lowest BCUT2D eigenvalue weighted by molar-refractivity contribution is 0.0953. The van der Waals surface area contributed by atoms with Crippen molar-refractivity contribution < 1.29 is 4.79 Å². The van der Waals surface area contributed by atoms with Crippen LogP contribution in [0.5, 0.6) is 0 Å². The Kier molecular flexibility index (Phi) is 5.39. The van der Waals surface area contributed by atoms with Gasteiger partial charge in [0.05, 0.1) is 16.3 Å². The van der Waals surface area contributed by atoms with Crippen LogP contribution in [0.25, 0.3) is 5.69 Å². The number of nitrogens with zero attached hydrogens (tertiary/aromatic N) is 2. The number of aryl methyl sites for hydroxylation is 2. The summed E-state index contributed by atoms with van der Waals surface area (Å²) in [6, 6.07) is 10.0. The molecule has 130 valence electrons. The van der Waals surface area contributed by atoms with Gasteiger partial charge in [-0.05, 0) is 45.0 Å². The van der Waals surface area contributed by atoms with Gasteiger partial charge in [0.25, 0.3) is 5.91 Å². The molecule has 3 rings (SSSR count). The summed E-state index contributed by atoms with van der Waals surface area (Å²) >= 11 is 5.14. The second kappa shape index (κ2) is 7.54. The average Bonchev–Trinajstić information content (AvgIpc) is 3.10. The molecule has 0 unspecified atom stereocenters. The Hall–Kier alpha value is -1.92. The fraction of sp³-hybridized carbons (Fsp3) is 0.263. The van der Waals surface area contributed by atoms with Crippen molar-refractivity contribution in [2.75, 3.05) is 6.54 Å². The zero-order valence-electron chi connectivity index (χ0n) is 14.5. The third kappa shape index (κ3) is 4.02. The lowest BCUT2D eigenvalue weighted by Gasteiger charge is -2.10. The first-order valence-corrected chi connectivity index (χ1v) is 9.77. The number of amides is 1. The Morgan fingerprint density at radius 2 is 2.08 bits per heavy atom. The van der Waals surface area contributed by atoms with Gasteiger partial charge in [0.2, 0.25) is 0 Å². The van der Waals surface area contributed by atoms with Gasteiger partial charge in [-0.25, -0.2) is 4.98 Å². The molecule has 0 bridgehead atoms. The number of carbonyl (C=O) groups is 1. The molecule has 0 aliphatic carbocycles. The highest BCUT2D eigenvalue weighted by Crippen LogP contribution is 2.23. The van der Waals surface area contributed by atoms with Gasteiger partial charge in [-0.3, -0.25) is 4.79 Å². The van der Waals surface area contributed by atoms with E-state index in [1.807, 2.05) is 56.5 Å². The van der Waals surface area contributed by atoms with Crippen LogP contribution in [0.1, 0.15) is 32.4 Å². The first-order valence-electron chi connectivity index (χ1n) is 8.10. The van der Waals surface area contributed by atoms with Crippen LogP contribution in [0.4, 0.5) is 0 Å². The second-order valence-electron chi connectivity index (χ2n) is 5.96. The van der Waals surface area contributed by atoms with E-state index in [4.69, 9.17) is 0 Å². The molecule has 1 amide bonds. The van der Waals surface area contributed by atoms with Gasteiger partial charge < -0.3 is 9.88 Å². The van der Waals surface area contributed by atoms with Gasteiger partial charge in [-0.1, -0.05) is 22.0 Å². The molecular formula is C19H20BrN3OS. The molecule has 0 atom stereocenters. The molecule has 0 aliphatic heterocycles. The highest BCUT2D eigenvalue weighted by Gasteiger charge is 2.16. The first kappa shape index (κ1) is 17.9. The number of benzene rings is 1. The third-order valence-corrected chi connectivity index (χ3v) is 5.39. The van der Waals surface area contributed by atoms with Crippen molar-refractivity contribution in [1.29, 1.82) is 0 Å². The van der Waals surface area contributed by atoms with E-state index in [1.165, 1.54) is 0 Å². The molecule has 0 saturated heterocycles. The number of hydrogen-bond acceptors (Lipinski definition) is 3. The minimum absolute atomic E-state index is 0.0405. The van der Waals surface area contributed by atoms with Crippen LogP contribution in [-0.4, -0.2) is 22.0 Å². The second-order valence-corrected chi connectivity index (χ2v) is 7.94. The van der Waals surface area contributed by atoms with E-state index in [9.17, 15) is 4.79 Å². The fourth-order valence-electron chi connectivity index (χ4n) is 2.93. The van der Waals surface area contributed by atoms with Gasteiger partial charge in [0, 0.05) is 39.9 Å². The number of thiazole rings is 1. The molecular weight excluding hydrogens is 398 g/mol. The topological polar surface area (TPSA) is 46.9 Å². The van der Waals surface area contributed by atoms with Crippen LogP contribution < -0.4 is 5.32 Å². The van der Waals surface area contributed by atoms with Crippen molar-refractivity contribution in [3.63, 3.8) is 0 Å². The molecule has 0 fully saturated rings. The van der Waals surface area contributed by atoms with Crippen molar-refractivity contribution in [2.24, 2.45) is 0 Å². The normalized spacial score (nSPS) is 10.9. The lowest BCUT2D eigenvalue weighted by atomic mass is 10.2. The Balaban J connectivity index is 1.74. The molecule has 0 saturated carbocycles. The van der Waals surface area contributed by atoms with E-state index in [1.54, 1.807) is 11.3 Å². The van der Waals surface area contributed by atoms with E-state index >= 15 is 0 Å². The van der Waals surface area contributed by atoms with Gasteiger partial charge in [-0.2, -0.15) is 0 Å². The summed E-state index contributed by atoms with van der Waals surface area (Å²) in [6.45, 7) is 6.57. The molecule has 1 aromatic carbocycles. The smallest absolute Gasteiger partial charge is 0.253 e. The van der Waals surface area contributed by atoms with Crippen LogP contribution in [0.2, 0.25) is 0 Å². The number of nitrogens with one attached hydrogen (secondary N) is 1. The minimum atomic E-state index is -0.0405. The Morgan fingerprint density at radius 1 is 1.28 bits per heavy atom. The highest BCUT2D eigenvalue weighted by atomic mass is 79.9. The molecule has 25 heavy (non-hydrogen) atoms. The van der Waals surface area contributed by atoms with E-state index in [-0.39, 0.29) is 5.91 Å². The number of carbonyl (C=O) groups excluding carboxylic acids is 1. The van der Waals surface area contributed by atoms with Crippen molar-refractivity contribution in [3.8, 4) is 5.69 Å². The first-order chi connectivity index (χ1) is 12.0. The zero-order valence-corrected chi connectivity index (χ0v) is 16.9. The maximum Gasteiger partial charge on any atom is 0.253 e. The molecule has 0 radical (unpaired) electrons. The predicted octanol–water partition coefficient (Wildman–Crippen LogP) is 4.59. The third-order valence-electron chi connectivity index (χ3n) is 4.08. The van der Waals surface area contributed by atoms with Crippen LogP contribution in [0.3, 0.4) is 0 Å². The van der Waals surface area contributed by atoms with E-state index < -0.39 is 0 Å². The van der Waals surface area contributed by atoms with Gasteiger partial charge in [0.15, 0.2) is 0 Å². The van der Waals surface area contributed by atoms with Gasteiger partial charge >= 0.3 is 0 Å². The molecule has 0 aliphatic rings. The summed E-state index contributed by atoms with van der Waals surface area (Å²) in [5.74, 6) is -0.0405. The van der Waals surface area contributed by atoms with Crippen molar-refractivity contribution in [1.82, 2.24) is 14.9 Å². The zero-order chi connectivity index (χ0) is 18.0. The van der Waals surface area contributed by atoms with Gasteiger partial charge in [0.1, 0.15) is 0 Å². The summed E-state index contributed by atoms with van der Waals surface area (Å²) in [4.78, 5) is 17.0. The highest BCUT2D eigenvalue weighted by molar-refractivity contribution is 9.10. The fourth-order valence-corrected chi connectivity index (χ4v) is 3.96. The van der Waals surface area contributed by atoms with E-state index in [0.29, 0.717) is 12.1 Å². The van der Waals surface area contributed by atoms with E-state index in [0.717, 1.165) is 38.7 Å². The molecule has 1 N–H and O–H groups in total. The van der Waals surface area contributed by atoms with Gasteiger partial charge in [-0.15, -0.1) is 11.3 Å². The quantitative estimate of drug-likeness (QED) is 0.659. The number of rotatable bonds is 5. The SMILES string of the molecule is Cc1nc(CCNC(=O)c2cc(C)n(-c3cccc(Br)c3)c2C)cs1. The van der Waals surface area contributed by atoms with Crippen LogP contribution in [-0.2, 0) is 6.42 Å². The van der Waals surface area contributed by atoms with Crippen LogP contribution >= 0.6 is 27.3 Å². The standard InChI is InChI=1S/C19H20BrN3OS/c1-12-9-18(13(2)23(12)17-6-4-5-15(20)10-17)19(24)21-8-7-16-11-25-14(3)22-16/h4-6,9-11H,7-8H2,1-3H3,(H,21,24). The van der Waals surface area contributed by atoms with E-state index in [2.05, 4.69) is 30.8 Å². The summed E-state index contributed by atoms with van der Waals surface area (Å²) < 4.78 is 3.12. The molecule has 4 nitrogen and oxygen atoms in total. The summed E-state index contributed by atoms with van der Waals surface area (Å²) in [5.41, 5.74) is 4.77. The number of halogens is 1. The lowest BCUT2D eigenvalue weighted by Crippen LogP contribution is -2.26. The molecule has 2 heterocycles. The largest absolute Gasteiger partial charge is 0.352 e. The molecule has 6 heteroatoms. The molecule has 3 aromatic rings. The molecule has 0 spiro atoms. The maximum absolute atomic E-state index is 12.6. The van der Waals surface area contributed by atoms with Crippen molar-refractivity contribution >= 4 is 33.2 Å². The Morgan fingerprint density at radius 3 is 2.76 bits per heavy atom. The Bertz CT molecular complexity index is 913. The molecule has 2 aromatic heterocycles. The summed E-state index contributed by atoms with van der Waals surface area (Å²) in [5, 5.41) is 6.10. The maximum atomic E-state index is 12.6. The summed E-state index contributed by atoms with van der Waals surface area (Å²) in [7, 11) is 0. The Labute approximate surface area is 160 Å². The summed E-state index contributed by atoms with van der Waals surface area (Å²) in [6.07, 6.45) is 0.750. The average molecular weight is 418 g/mol. The number of aromatic nitrogens is 2. The van der Waals surface area contributed by atoms with Crippen molar-refractivity contribution in [2.45, 2.75) is 27.2 Å². The van der Waals surface area contributed by atoms with Crippen molar-refractivity contribution in [3.05, 3.63) is 67.8 Å². The minimum Gasteiger partial charge on any atom is -0.352 e.